The molecule has 0 saturated heterocycles. The molecule has 168 valence electrons. The number of aryl methyl sites for hydroxylation is 1. The number of amides is 1. The number of carbonyl (C=O) groups excluding carboxylic acids is 2. The Labute approximate surface area is 189 Å². The first-order chi connectivity index (χ1) is 15.8. The normalized spacial score (nSPS) is 10.6. The Hall–Kier alpha value is -4.53. The molecule has 0 saturated carbocycles. The van der Waals surface area contributed by atoms with Crippen LogP contribution in [0.2, 0.25) is 0 Å². The maximum Gasteiger partial charge on any atom is 0.343 e. The van der Waals surface area contributed by atoms with Gasteiger partial charge in [-0.05, 0) is 73.0 Å². The second-order valence-corrected chi connectivity index (χ2v) is 7.04. The van der Waals surface area contributed by atoms with Crippen molar-refractivity contribution in [3.63, 3.8) is 0 Å². The number of non-ortho nitro benzene ring substituents is 1. The Morgan fingerprint density at radius 2 is 1.73 bits per heavy atom. The van der Waals surface area contributed by atoms with Gasteiger partial charge in [-0.25, -0.2) is 10.2 Å². The van der Waals surface area contributed by atoms with E-state index in [1.165, 1.54) is 30.5 Å². The standard InChI is InChI=1S/C24H21N3O6/c1-16-4-3-5-22(17(16)2)32-15-23(28)26-25-14-18-6-12-21(13-7-18)33-24(29)19-8-10-20(11-9-19)27(30)31/h3-14H,15H2,1-2H3,(H,26,28). The second-order valence-electron chi connectivity index (χ2n) is 7.04. The second kappa shape index (κ2) is 10.7. The highest BCUT2D eigenvalue weighted by Gasteiger charge is 2.11. The lowest BCUT2D eigenvalue weighted by atomic mass is 10.1. The summed E-state index contributed by atoms with van der Waals surface area (Å²) in [5, 5.41) is 14.6. The predicted octanol–water partition coefficient (Wildman–Crippen LogP) is 3.96. The highest BCUT2D eigenvalue weighted by atomic mass is 16.6. The molecule has 0 aliphatic carbocycles. The molecule has 0 bridgehead atoms. The van der Waals surface area contributed by atoms with Crippen molar-refractivity contribution in [2.24, 2.45) is 5.10 Å². The molecule has 0 heterocycles. The zero-order valence-corrected chi connectivity index (χ0v) is 18.0. The summed E-state index contributed by atoms with van der Waals surface area (Å²) in [5.74, 6) is -0.0994. The van der Waals surface area contributed by atoms with Crippen molar-refractivity contribution in [2.45, 2.75) is 13.8 Å². The molecule has 1 amide bonds. The Morgan fingerprint density at radius 3 is 2.39 bits per heavy atom. The minimum Gasteiger partial charge on any atom is -0.483 e. The van der Waals surface area contributed by atoms with Crippen LogP contribution in [0.15, 0.2) is 71.8 Å². The van der Waals surface area contributed by atoms with Gasteiger partial charge in [0.2, 0.25) is 0 Å². The Bertz CT molecular complexity index is 1190. The van der Waals surface area contributed by atoms with E-state index in [0.717, 1.165) is 11.1 Å². The van der Waals surface area contributed by atoms with Crippen LogP contribution in [0.25, 0.3) is 0 Å². The summed E-state index contributed by atoms with van der Waals surface area (Å²) in [4.78, 5) is 34.2. The number of hydrogen-bond acceptors (Lipinski definition) is 7. The van der Waals surface area contributed by atoms with Gasteiger partial charge >= 0.3 is 5.97 Å². The summed E-state index contributed by atoms with van der Waals surface area (Å²) in [7, 11) is 0. The lowest BCUT2D eigenvalue weighted by Crippen LogP contribution is -2.24. The molecule has 9 heteroatoms. The Kier molecular flexibility index (Phi) is 7.48. The highest BCUT2D eigenvalue weighted by Crippen LogP contribution is 2.20. The highest BCUT2D eigenvalue weighted by molar-refractivity contribution is 5.91. The zero-order valence-electron chi connectivity index (χ0n) is 18.0. The first kappa shape index (κ1) is 23.1. The number of benzene rings is 3. The van der Waals surface area contributed by atoms with Crippen molar-refractivity contribution in [2.75, 3.05) is 6.61 Å². The third-order valence-corrected chi connectivity index (χ3v) is 4.72. The molecule has 0 aliphatic heterocycles. The van der Waals surface area contributed by atoms with E-state index < -0.39 is 16.8 Å². The molecule has 0 unspecified atom stereocenters. The summed E-state index contributed by atoms with van der Waals surface area (Å²) < 4.78 is 10.8. The van der Waals surface area contributed by atoms with E-state index in [1.54, 1.807) is 30.3 Å². The number of hydrogen-bond donors (Lipinski definition) is 1. The molecule has 0 aliphatic rings. The molecule has 0 fully saturated rings. The van der Waals surface area contributed by atoms with E-state index in [1.807, 2.05) is 26.0 Å². The average Bonchev–Trinajstić information content (AvgIpc) is 2.81. The summed E-state index contributed by atoms with van der Waals surface area (Å²) in [6.07, 6.45) is 1.44. The van der Waals surface area contributed by atoms with E-state index in [0.29, 0.717) is 17.1 Å². The number of nitrogens with zero attached hydrogens (tertiary/aromatic N) is 2. The molecular formula is C24H21N3O6. The van der Waals surface area contributed by atoms with Crippen LogP contribution in [-0.4, -0.2) is 29.6 Å². The zero-order chi connectivity index (χ0) is 23.8. The van der Waals surface area contributed by atoms with E-state index in [-0.39, 0.29) is 17.9 Å². The minimum absolute atomic E-state index is 0.112. The van der Waals surface area contributed by atoms with Crippen LogP contribution < -0.4 is 14.9 Å². The molecule has 33 heavy (non-hydrogen) atoms. The van der Waals surface area contributed by atoms with Crippen LogP contribution in [0.5, 0.6) is 11.5 Å². The molecule has 1 N–H and O–H groups in total. The third-order valence-electron chi connectivity index (χ3n) is 4.72. The maximum atomic E-state index is 12.2. The van der Waals surface area contributed by atoms with Crippen molar-refractivity contribution in [1.29, 1.82) is 0 Å². The minimum atomic E-state index is -0.637. The maximum absolute atomic E-state index is 12.2. The summed E-state index contributed by atoms with van der Waals surface area (Å²) in [6, 6.07) is 17.2. The average molecular weight is 447 g/mol. The van der Waals surface area contributed by atoms with Crippen LogP contribution >= 0.6 is 0 Å². The van der Waals surface area contributed by atoms with Crippen molar-refractivity contribution in [1.82, 2.24) is 5.43 Å². The number of nitro benzene ring substituents is 1. The quantitative estimate of drug-likeness (QED) is 0.183. The number of hydrazone groups is 1. The fourth-order valence-electron chi connectivity index (χ4n) is 2.74. The lowest BCUT2D eigenvalue weighted by Gasteiger charge is -2.09. The van der Waals surface area contributed by atoms with Gasteiger partial charge in [-0.3, -0.25) is 14.9 Å². The predicted molar refractivity (Wildman–Crippen MR) is 122 cm³/mol. The van der Waals surface area contributed by atoms with E-state index in [9.17, 15) is 19.7 Å². The summed E-state index contributed by atoms with van der Waals surface area (Å²) in [5.41, 5.74) is 5.19. The van der Waals surface area contributed by atoms with Gasteiger partial charge in [-0.1, -0.05) is 12.1 Å². The van der Waals surface area contributed by atoms with Gasteiger partial charge in [-0.15, -0.1) is 0 Å². The van der Waals surface area contributed by atoms with Crippen LogP contribution in [0.4, 0.5) is 5.69 Å². The van der Waals surface area contributed by atoms with E-state index in [2.05, 4.69) is 10.5 Å². The SMILES string of the molecule is Cc1cccc(OCC(=O)NN=Cc2ccc(OC(=O)c3ccc([N+](=O)[O-])cc3)cc2)c1C. The fraction of sp³-hybridized carbons (Fsp3) is 0.125. The molecule has 0 atom stereocenters. The van der Waals surface area contributed by atoms with Crippen molar-refractivity contribution < 1.29 is 24.0 Å². The van der Waals surface area contributed by atoms with Crippen LogP contribution in [0.1, 0.15) is 27.0 Å². The van der Waals surface area contributed by atoms with Crippen molar-refractivity contribution >= 4 is 23.8 Å². The number of ether oxygens (including phenoxy) is 2. The van der Waals surface area contributed by atoms with Gasteiger partial charge < -0.3 is 9.47 Å². The van der Waals surface area contributed by atoms with E-state index >= 15 is 0 Å². The molecule has 3 aromatic carbocycles. The van der Waals surface area contributed by atoms with Crippen molar-refractivity contribution in [3.8, 4) is 11.5 Å². The molecule has 3 aromatic rings. The number of nitrogens with one attached hydrogen (secondary N) is 1. The monoisotopic (exact) mass is 447 g/mol. The summed E-state index contributed by atoms with van der Waals surface area (Å²) >= 11 is 0. The first-order valence-electron chi connectivity index (χ1n) is 9.91. The number of carbonyl (C=O) groups is 2. The largest absolute Gasteiger partial charge is 0.483 e. The molecule has 0 radical (unpaired) electrons. The smallest absolute Gasteiger partial charge is 0.343 e. The number of rotatable bonds is 8. The van der Waals surface area contributed by atoms with Gasteiger partial charge in [0.05, 0.1) is 16.7 Å². The first-order valence-corrected chi connectivity index (χ1v) is 9.91. The van der Waals surface area contributed by atoms with Gasteiger partial charge in [0.1, 0.15) is 11.5 Å². The lowest BCUT2D eigenvalue weighted by molar-refractivity contribution is -0.384. The van der Waals surface area contributed by atoms with Gasteiger partial charge in [0, 0.05) is 12.1 Å². The molecular weight excluding hydrogens is 426 g/mol. The summed E-state index contributed by atoms with van der Waals surface area (Å²) in [6.45, 7) is 3.72. The fourth-order valence-corrected chi connectivity index (χ4v) is 2.74. The number of nitro groups is 1. The molecule has 9 nitrogen and oxygen atoms in total. The third kappa shape index (κ3) is 6.47. The number of esters is 1. The van der Waals surface area contributed by atoms with Gasteiger partial charge in [0.25, 0.3) is 11.6 Å². The van der Waals surface area contributed by atoms with Crippen molar-refractivity contribution in [3.05, 3.63) is 99.1 Å². The Balaban J connectivity index is 1.48. The Morgan fingerprint density at radius 1 is 1.03 bits per heavy atom. The van der Waals surface area contributed by atoms with Gasteiger partial charge in [-0.2, -0.15) is 5.10 Å². The van der Waals surface area contributed by atoms with E-state index in [4.69, 9.17) is 9.47 Å². The van der Waals surface area contributed by atoms with Crippen LogP contribution in [0.3, 0.4) is 0 Å². The van der Waals surface area contributed by atoms with Crippen LogP contribution in [-0.2, 0) is 4.79 Å². The molecule has 0 aromatic heterocycles. The molecule has 3 rings (SSSR count). The van der Waals surface area contributed by atoms with Crippen LogP contribution in [0, 0.1) is 24.0 Å². The topological polar surface area (TPSA) is 120 Å². The molecule has 0 spiro atoms. The van der Waals surface area contributed by atoms with Gasteiger partial charge in [0.15, 0.2) is 6.61 Å².